The number of aromatic nitrogens is 2. The molecule has 3 aromatic rings. The molecular weight excluding hydrogens is 370 g/mol. The number of hydrogen-bond donors (Lipinski definition) is 0. The zero-order valence-corrected chi connectivity index (χ0v) is 16.9. The first-order chi connectivity index (χ1) is 14.0. The molecule has 150 valence electrons. The van der Waals surface area contributed by atoms with Gasteiger partial charge in [-0.1, -0.05) is 23.4 Å². The van der Waals surface area contributed by atoms with Gasteiger partial charge < -0.3 is 18.9 Å². The van der Waals surface area contributed by atoms with Crippen LogP contribution in [0.15, 0.2) is 40.9 Å². The Bertz CT molecular complexity index is 1020. The van der Waals surface area contributed by atoms with Crippen LogP contribution >= 0.6 is 0 Å². The highest BCUT2D eigenvalue weighted by Gasteiger charge is 2.36. The van der Waals surface area contributed by atoms with Gasteiger partial charge in [0, 0.05) is 30.3 Å². The molecule has 2 aromatic carbocycles. The lowest BCUT2D eigenvalue weighted by atomic mass is 10.1. The average Bonchev–Trinajstić information content (AvgIpc) is 3.35. The summed E-state index contributed by atoms with van der Waals surface area (Å²) in [6.45, 7) is 4.56. The summed E-state index contributed by atoms with van der Waals surface area (Å²) >= 11 is 0. The quantitative estimate of drug-likeness (QED) is 0.654. The molecule has 2 heterocycles. The highest BCUT2D eigenvalue weighted by molar-refractivity contribution is 5.97. The van der Waals surface area contributed by atoms with Gasteiger partial charge in [0.15, 0.2) is 0 Å². The number of rotatable bonds is 5. The van der Waals surface area contributed by atoms with E-state index in [-0.39, 0.29) is 11.8 Å². The summed E-state index contributed by atoms with van der Waals surface area (Å²) in [6, 6.07) is 11.5. The van der Waals surface area contributed by atoms with Crippen LogP contribution in [0.1, 0.15) is 29.4 Å². The van der Waals surface area contributed by atoms with Gasteiger partial charge in [-0.05, 0) is 37.1 Å². The van der Waals surface area contributed by atoms with Crippen LogP contribution in [0.2, 0.25) is 0 Å². The molecule has 1 fully saturated rings. The molecule has 1 aliphatic heterocycles. The lowest BCUT2D eigenvalue weighted by Crippen LogP contribution is -2.26. The van der Waals surface area contributed by atoms with Gasteiger partial charge in [0.2, 0.25) is 17.6 Å². The van der Waals surface area contributed by atoms with Crippen molar-refractivity contribution >= 4 is 11.6 Å². The van der Waals surface area contributed by atoms with Crippen LogP contribution in [0.3, 0.4) is 0 Å². The number of anilines is 1. The summed E-state index contributed by atoms with van der Waals surface area (Å²) in [5, 5.41) is 4.11. The summed E-state index contributed by atoms with van der Waals surface area (Å²) in [5.74, 6) is 2.11. The van der Waals surface area contributed by atoms with Crippen molar-refractivity contribution in [3.63, 3.8) is 0 Å². The van der Waals surface area contributed by atoms with Crippen molar-refractivity contribution < 1.29 is 18.8 Å². The maximum atomic E-state index is 12.7. The summed E-state index contributed by atoms with van der Waals surface area (Å²) in [4.78, 5) is 19.1. The molecule has 0 N–H and O–H groups in total. The second-order valence-electron chi connectivity index (χ2n) is 7.20. The van der Waals surface area contributed by atoms with E-state index < -0.39 is 0 Å². The third kappa shape index (κ3) is 3.55. The third-order valence-corrected chi connectivity index (χ3v) is 5.24. The second-order valence-corrected chi connectivity index (χ2v) is 7.20. The number of amides is 1. The van der Waals surface area contributed by atoms with E-state index >= 15 is 0 Å². The monoisotopic (exact) mass is 393 g/mol. The van der Waals surface area contributed by atoms with E-state index in [1.165, 1.54) is 0 Å². The van der Waals surface area contributed by atoms with E-state index in [0.29, 0.717) is 36.2 Å². The number of aryl methyl sites for hydroxylation is 2. The topological polar surface area (TPSA) is 77.7 Å². The molecule has 0 bridgehead atoms. The summed E-state index contributed by atoms with van der Waals surface area (Å²) in [7, 11) is 3.18. The molecule has 0 saturated carbocycles. The van der Waals surface area contributed by atoms with Gasteiger partial charge in [0.1, 0.15) is 11.5 Å². The molecule has 1 aliphatic rings. The van der Waals surface area contributed by atoms with Crippen LogP contribution in [0.5, 0.6) is 11.5 Å². The van der Waals surface area contributed by atoms with Gasteiger partial charge in [0.05, 0.1) is 20.1 Å². The number of methoxy groups -OCH3 is 2. The third-order valence-electron chi connectivity index (χ3n) is 5.24. The number of benzene rings is 2. The van der Waals surface area contributed by atoms with Gasteiger partial charge >= 0.3 is 0 Å². The van der Waals surface area contributed by atoms with Crippen LogP contribution < -0.4 is 14.4 Å². The van der Waals surface area contributed by atoms with E-state index in [2.05, 4.69) is 10.1 Å². The van der Waals surface area contributed by atoms with Gasteiger partial charge in [-0.3, -0.25) is 4.79 Å². The van der Waals surface area contributed by atoms with Crippen molar-refractivity contribution in [1.29, 1.82) is 0 Å². The zero-order valence-electron chi connectivity index (χ0n) is 16.9. The summed E-state index contributed by atoms with van der Waals surface area (Å²) in [6.07, 6.45) is 0.344. The van der Waals surface area contributed by atoms with E-state index in [1.54, 1.807) is 20.3 Å². The maximum absolute atomic E-state index is 12.7. The lowest BCUT2D eigenvalue weighted by molar-refractivity contribution is -0.117. The van der Waals surface area contributed by atoms with Crippen molar-refractivity contribution in [2.75, 3.05) is 25.7 Å². The fraction of sp³-hybridized carbons (Fsp3) is 0.318. The fourth-order valence-electron chi connectivity index (χ4n) is 3.78. The Morgan fingerprint density at radius 1 is 1.07 bits per heavy atom. The smallest absolute Gasteiger partial charge is 0.232 e. The van der Waals surface area contributed by atoms with Crippen LogP contribution in [0, 0.1) is 13.8 Å². The first kappa shape index (κ1) is 19.0. The van der Waals surface area contributed by atoms with Crippen LogP contribution in [0.25, 0.3) is 11.4 Å². The number of carbonyl (C=O) groups is 1. The Hall–Kier alpha value is -3.35. The second kappa shape index (κ2) is 7.58. The van der Waals surface area contributed by atoms with Gasteiger partial charge in [-0.15, -0.1) is 0 Å². The van der Waals surface area contributed by atoms with E-state index in [0.717, 1.165) is 22.4 Å². The minimum atomic E-state index is -0.143. The number of nitrogens with zero attached hydrogens (tertiary/aromatic N) is 3. The molecule has 0 radical (unpaired) electrons. The largest absolute Gasteiger partial charge is 0.497 e. The van der Waals surface area contributed by atoms with Crippen molar-refractivity contribution in [1.82, 2.24) is 10.1 Å². The minimum absolute atomic E-state index is 0.0650. The van der Waals surface area contributed by atoms with Crippen molar-refractivity contribution in [3.05, 3.63) is 53.4 Å². The molecule has 1 saturated heterocycles. The lowest BCUT2D eigenvalue weighted by Gasteiger charge is -2.21. The number of carbonyl (C=O) groups excluding carboxylic acids is 1. The minimum Gasteiger partial charge on any atom is -0.497 e. The Balaban J connectivity index is 1.60. The molecular formula is C22H23N3O4. The van der Waals surface area contributed by atoms with Crippen LogP contribution in [-0.2, 0) is 4.79 Å². The predicted molar refractivity (Wildman–Crippen MR) is 108 cm³/mol. The molecule has 1 amide bonds. The highest BCUT2D eigenvalue weighted by Crippen LogP contribution is 2.35. The zero-order chi connectivity index (χ0) is 20.5. The molecule has 1 aromatic heterocycles. The van der Waals surface area contributed by atoms with Crippen molar-refractivity contribution in [2.24, 2.45) is 0 Å². The number of hydrogen-bond acceptors (Lipinski definition) is 6. The molecule has 0 aliphatic carbocycles. The van der Waals surface area contributed by atoms with E-state index in [9.17, 15) is 4.79 Å². The summed E-state index contributed by atoms with van der Waals surface area (Å²) < 4.78 is 16.1. The Labute approximate surface area is 169 Å². The standard InChI is InChI=1S/C22H23N3O4/c1-13-6-5-7-14(2)20(13)25-12-16(10-19(25)26)22-23-21(24-29-22)15-8-17(27-3)11-18(9-15)28-4/h5-9,11,16H,10,12H2,1-4H3. The first-order valence-corrected chi connectivity index (χ1v) is 9.43. The Kier molecular flexibility index (Phi) is 4.96. The normalized spacial score (nSPS) is 16.3. The molecule has 7 heteroatoms. The van der Waals surface area contributed by atoms with Gasteiger partial charge in [-0.2, -0.15) is 4.98 Å². The molecule has 1 unspecified atom stereocenters. The van der Waals surface area contributed by atoms with E-state index in [1.807, 2.05) is 49.1 Å². The van der Waals surface area contributed by atoms with Gasteiger partial charge in [-0.25, -0.2) is 0 Å². The highest BCUT2D eigenvalue weighted by atomic mass is 16.5. The van der Waals surface area contributed by atoms with Crippen LogP contribution in [0.4, 0.5) is 5.69 Å². The molecule has 1 atom stereocenters. The van der Waals surface area contributed by atoms with Crippen LogP contribution in [-0.4, -0.2) is 36.8 Å². The van der Waals surface area contributed by atoms with E-state index in [4.69, 9.17) is 14.0 Å². The average molecular weight is 393 g/mol. The first-order valence-electron chi connectivity index (χ1n) is 9.43. The maximum Gasteiger partial charge on any atom is 0.232 e. The fourth-order valence-corrected chi connectivity index (χ4v) is 3.78. The van der Waals surface area contributed by atoms with Crippen molar-refractivity contribution in [2.45, 2.75) is 26.2 Å². The Morgan fingerprint density at radius 2 is 1.72 bits per heavy atom. The van der Waals surface area contributed by atoms with Gasteiger partial charge in [0.25, 0.3) is 0 Å². The number of para-hydroxylation sites is 1. The molecule has 7 nitrogen and oxygen atoms in total. The molecule has 0 spiro atoms. The molecule has 4 rings (SSSR count). The summed E-state index contributed by atoms with van der Waals surface area (Å²) in [5.41, 5.74) is 3.85. The molecule has 29 heavy (non-hydrogen) atoms. The Morgan fingerprint density at radius 3 is 2.34 bits per heavy atom. The number of ether oxygens (including phenoxy) is 2. The SMILES string of the molecule is COc1cc(OC)cc(-c2noc(C3CC(=O)N(c4c(C)cccc4C)C3)n2)c1. The van der Waals surface area contributed by atoms with Crippen molar-refractivity contribution in [3.8, 4) is 22.9 Å². The predicted octanol–water partition coefficient (Wildman–Crippen LogP) is 3.89.